The van der Waals surface area contributed by atoms with Crippen molar-refractivity contribution in [2.45, 2.75) is 53.0 Å². The molecule has 2 aromatic carbocycles. The van der Waals surface area contributed by atoms with Gasteiger partial charge in [0.15, 0.2) is 0 Å². The van der Waals surface area contributed by atoms with Gasteiger partial charge in [0.05, 0.1) is 13.0 Å². The van der Waals surface area contributed by atoms with Crippen LogP contribution in [0.4, 0.5) is 0 Å². The largest absolute Gasteiger partial charge is 0.466 e. The lowest BCUT2D eigenvalue weighted by Crippen LogP contribution is -2.11. The zero-order chi connectivity index (χ0) is 19.6. The van der Waals surface area contributed by atoms with Crippen molar-refractivity contribution in [3.8, 4) is 0 Å². The monoisotopic (exact) mass is 363 g/mol. The smallest absolute Gasteiger partial charge is 0.310 e. The Kier molecular flexibility index (Phi) is 5.41. The van der Waals surface area contributed by atoms with Crippen molar-refractivity contribution in [2.75, 3.05) is 6.61 Å². The predicted molar refractivity (Wildman–Crippen MR) is 111 cm³/mol. The summed E-state index contributed by atoms with van der Waals surface area (Å²) in [6, 6.07) is 17.1. The summed E-state index contributed by atoms with van der Waals surface area (Å²) in [6.07, 6.45) is 0.311. The minimum atomic E-state index is -0.166. The minimum Gasteiger partial charge on any atom is -0.466 e. The number of hydrogen-bond acceptors (Lipinski definition) is 2. The molecule has 1 aromatic heterocycles. The summed E-state index contributed by atoms with van der Waals surface area (Å²) in [4.78, 5) is 12.2. The van der Waals surface area contributed by atoms with Crippen LogP contribution in [0, 0.1) is 6.92 Å². The Labute approximate surface area is 162 Å². The molecule has 0 atom stereocenters. The SMILES string of the molecule is CCOC(=O)Cc1c(C)n(Cc2ccccc2)c2ccc(C(C)(C)C)cc12. The Hall–Kier alpha value is -2.55. The fourth-order valence-electron chi connectivity index (χ4n) is 3.57. The first kappa shape index (κ1) is 19.2. The summed E-state index contributed by atoms with van der Waals surface area (Å²) >= 11 is 0. The third-order valence-corrected chi connectivity index (χ3v) is 5.13. The minimum absolute atomic E-state index is 0.0603. The number of aromatic nitrogens is 1. The van der Waals surface area contributed by atoms with Gasteiger partial charge in [0.1, 0.15) is 0 Å². The lowest BCUT2D eigenvalue weighted by Gasteiger charge is -2.19. The van der Waals surface area contributed by atoms with Gasteiger partial charge in [0, 0.05) is 23.1 Å². The summed E-state index contributed by atoms with van der Waals surface area (Å²) < 4.78 is 7.54. The number of carbonyl (C=O) groups excluding carboxylic acids is 1. The molecule has 0 aliphatic rings. The molecule has 3 aromatic rings. The number of ether oxygens (including phenoxy) is 1. The highest BCUT2D eigenvalue weighted by atomic mass is 16.5. The summed E-state index contributed by atoms with van der Waals surface area (Å²) in [7, 11) is 0. The van der Waals surface area contributed by atoms with E-state index >= 15 is 0 Å². The molecule has 0 unspecified atom stereocenters. The van der Waals surface area contributed by atoms with Crippen molar-refractivity contribution in [3.05, 3.63) is 70.9 Å². The quantitative estimate of drug-likeness (QED) is 0.568. The molecule has 0 N–H and O–H groups in total. The molecule has 27 heavy (non-hydrogen) atoms. The van der Waals surface area contributed by atoms with Gasteiger partial charge in [-0.2, -0.15) is 0 Å². The highest BCUT2D eigenvalue weighted by Gasteiger charge is 2.21. The zero-order valence-electron chi connectivity index (χ0n) is 17.0. The van der Waals surface area contributed by atoms with Gasteiger partial charge in [-0.25, -0.2) is 0 Å². The first-order valence-corrected chi connectivity index (χ1v) is 9.63. The highest BCUT2D eigenvalue weighted by molar-refractivity contribution is 5.90. The van der Waals surface area contributed by atoms with Crippen LogP contribution in [0.3, 0.4) is 0 Å². The van der Waals surface area contributed by atoms with Gasteiger partial charge in [-0.1, -0.05) is 57.2 Å². The van der Waals surface area contributed by atoms with Gasteiger partial charge >= 0.3 is 5.97 Å². The average Bonchev–Trinajstić information content (AvgIpc) is 2.87. The normalized spacial score (nSPS) is 11.7. The lowest BCUT2D eigenvalue weighted by atomic mass is 9.86. The Bertz CT molecular complexity index is 946. The van der Waals surface area contributed by atoms with Crippen LogP contribution in [0.25, 0.3) is 10.9 Å². The van der Waals surface area contributed by atoms with Gasteiger partial charge in [-0.3, -0.25) is 4.79 Å². The van der Waals surface area contributed by atoms with Crippen LogP contribution in [0.2, 0.25) is 0 Å². The molecule has 3 rings (SSSR count). The van der Waals surface area contributed by atoms with Gasteiger partial charge in [-0.05, 0) is 48.1 Å². The zero-order valence-corrected chi connectivity index (χ0v) is 17.0. The van der Waals surface area contributed by atoms with E-state index in [2.05, 4.69) is 74.7 Å². The van der Waals surface area contributed by atoms with Crippen molar-refractivity contribution < 1.29 is 9.53 Å². The van der Waals surface area contributed by atoms with E-state index in [-0.39, 0.29) is 11.4 Å². The van der Waals surface area contributed by atoms with Gasteiger partial charge in [0.2, 0.25) is 0 Å². The topological polar surface area (TPSA) is 31.2 Å². The third kappa shape index (κ3) is 4.08. The lowest BCUT2D eigenvalue weighted by molar-refractivity contribution is -0.142. The summed E-state index contributed by atoms with van der Waals surface area (Å²) in [6.45, 7) is 11.8. The third-order valence-electron chi connectivity index (χ3n) is 5.13. The number of rotatable bonds is 5. The van der Waals surface area contributed by atoms with Crippen LogP contribution < -0.4 is 0 Å². The van der Waals surface area contributed by atoms with Crippen molar-refractivity contribution >= 4 is 16.9 Å². The molecule has 0 fully saturated rings. The molecule has 1 heterocycles. The molecule has 0 radical (unpaired) electrons. The van der Waals surface area contributed by atoms with Crippen molar-refractivity contribution in [1.82, 2.24) is 4.57 Å². The van der Waals surface area contributed by atoms with Crippen LogP contribution in [0.1, 0.15) is 50.1 Å². The van der Waals surface area contributed by atoms with E-state index < -0.39 is 0 Å². The fourth-order valence-corrected chi connectivity index (χ4v) is 3.57. The maximum absolute atomic E-state index is 12.2. The predicted octanol–water partition coefficient (Wildman–Crippen LogP) is 5.40. The summed E-state index contributed by atoms with van der Waals surface area (Å²) in [5, 5.41) is 1.16. The number of carbonyl (C=O) groups is 1. The van der Waals surface area contributed by atoms with E-state index in [0.29, 0.717) is 13.0 Å². The van der Waals surface area contributed by atoms with Gasteiger partial charge in [0.25, 0.3) is 0 Å². The Morgan fingerprint density at radius 2 is 1.78 bits per heavy atom. The maximum atomic E-state index is 12.2. The Balaban J connectivity index is 2.14. The van der Waals surface area contributed by atoms with Crippen LogP contribution in [0.5, 0.6) is 0 Å². The second kappa shape index (κ2) is 7.59. The number of esters is 1. The van der Waals surface area contributed by atoms with E-state index in [9.17, 15) is 4.79 Å². The van der Waals surface area contributed by atoms with E-state index in [0.717, 1.165) is 23.2 Å². The Morgan fingerprint density at radius 3 is 2.41 bits per heavy atom. The second-order valence-corrected chi connectivity index (χ2v) is 8.10. The van der Waals surface area contributed by atoms with Crippen molar-refractivity contribution in [2.24, 2.45) is 0 Å². The highest BCUT2D eigenvalue weighted by Crippen LogP contribution is 2.32. The van der Waals surface area contributed by atoms with Gasteiger partial charge < -0.3 is 9.30 Å². The number of nitrogens with zero attached hydrogens (tertiary/aromatic N) is 1. The first-order valence-electron chi connectivity index (χ1n) is 9.63. The molecule has 142 valence electrons. The molecule has 0 spiro atoms. The second-order valence-electron chi connectivity index (χ2n) is 8.10. The van der Waals surface area contributed by atoms with E-state index in [1.165, 1.54) is 16.6 Å². The summed E-state index contributed by atoms with van der Waals surface area (Å²) in [5.74, 6) is -0.166. The molecule has 0 saturated heterocycles. The fraction of sp³-hybridized carbons (Fsp3) is 0.375. The standard InChI is InChI=1S/C24H29NO2/c1-6-27-23(26)15-20-17(2)25(16-18-10-8-7-9-11-18)22-13-12-19(14-21(20)22)24(3,4)5/h7-14H,6,15-16H2,1-5H3. The molecule has 0 aliphatic heterocycles. The average molecular weight is 364 g/mol. The first-order chi connectivity index (χ1) is 12.8. The Morgan fingerprint density at radius 1 is 1.07 bits per heavy atom. The van der Waals surface area contributed by atoms with Crippen LogP contribution >= 0.6 is 0 Å². The number of benzene rings is 2. The summed E-state index contributed by atoms with van der Waals surface area (Å²) in [5.41, 5.74) is 5.96. The van der Waals surface area contributed by atoms with E-state index in [1.54, 1.807) is 0 Å². The molecule has 0 bridgehead atoms. The molecular formula is C24H29NO2. The van der Waals surface area contributed by atoms with Crippen LogP contribution in [-0.4, -0.2) is 17.1 Å². The van der Waals surface area contributed by atoms with Crippen LogP contribution in [-0.2, 0) is 27.9 Å². The van der Waals surface area contributed by atoms with Crippen LogP contribution in [0.15, 0.2) is 48.5 Å². The molecule has 3 nitrogen and oxygen atoms in total. The maximum Gasteiger partial charge on any atom is 0.310 e. The molecule has 0 saturated carbocycles. The van der Waals surface area contributed by atoms with Gasteiger partial charge in [-0.15, -0.1) is 0 Å². The molecule has 3 heteroatoms. The molecule has 0 amide bonds. The number of fused-ring (bicyclic) bond motifs is 1. The van der Waals surface area contributed by atoms with E-state index in [4.69, 9.17) is 4.74 Å². The number of hydrogen-bond donors (Lipinski definition) is 0. The van der Waals surface area contributed by atoms with Crippen molar-refractivity contribution in [3.63, 3.8) is 0 Å². The molecule has 0 aliphatic carbocycles. The van der Waals surface area contributed by atoms with E-state index in [1.807, 2.05) is 13.0 Å². The van der Waals surface area contributed by atoms with Crippen molar-refractivity contribution in [1.29, 1.82) is 0 Å². The molecular weight excluding hydrogens is 334 g/mol.